The Labute approximate surface area is 211 Å². The van der Waals surface area contributed by atoms with Gasteiger partial charge in [-0.15, -0.1) is 0 Å². The Morgan fingerprint density at radius 1 is 1.23 bits per heavy atom. The predicted octanol–water partition coefficient (Wildman–Crippen LogP) is 4.03. The van der Waals surface area contributed by atoms with Gasteiger partial charge < -0.3 is 14.1 Å². The first-order valence-electron chi connectivity index (χ1n) is 11.7. The fourth-order valence-electron chi connectivity index (χ4n) is 4.51. The third-order valence-electron chi connectivity index (χ3n) is 6.09. The molecule has 1 unspecified atom stereocenters. The first-order chi connectivity index (χ1) is 16.8. The van der Waals surface area contributed by atoms with Crippen molar-refractivity contribution in [2.45, 2.75) is 45.8 Å². The van der Waals surface area contributed by atoms with E-state index in [0.29, 0.717) is 37.0 Å². The van der Waals surface area contributed by atoms with E-state index in [2.05, 4.69) is 9.89 Å². The van der Waals surface area contributed by atoms with Crippen LogP contribution in [0, 0.1) is 0 Å². The van der Waals surface area contributed by atoms with Gasteiger partial charge in [-0.25, -0.2) is 9.79 Å². The second-order valence-electron chi connectivity index (χ2n) is 8.93. The largest absolute Gasteiger partial charge is 0.459 e. The zero-order valence-electron chi connectivity index (χ0n) is 19.8. The lowest BCUT2D eigenvalue weighted by molar-refractivity contribution is -0.143. The molecule has 0 bridgehead atoms. The van der Waals surface area contributed by atoms with E-state index in [0.717, 1.165) is 31.8 Å². The van der Waals surface area contributed by atoms with E-state index in [-0.39, 0.29) is 11.7 Å². The van der Waals surface area contributed by atoms with Crippen LogP contribution in [-0.4, -0.2) is 29.7 Å². The fourth-order valence-corrected chi connectivity index (χ4v) is 5.77. The summed E-state index contributed by atoms with van der Waals surface area (Å²) in [6.45, 7) is 7.27. The third-order valence-corrected chi connectivity index (χ3v) is 7.41. The molecule has 1 fully saturated rings. The number of carbonyl (C=O) groups is 1. The highest BCUT2D eigenvalue weighted by molar-refractivity contribution is 7.07. The van der Waals surface area contributed by atoms with Crippen LogP contribution < -0.4 is 19.8 Å². The fraction of sp³-hybridized carbons (Fsp3) is 0.346. The van der Waals surface area contributed by atoms with Crippen molar-refractivity contribution in [3.63, 3.8) is 0 Å². The molecule has 2 aromatic heterocycles. The number of halogens is 1. The van der Waals surface area contributed by atoms with Crippen molar-refractivity contribution in [1.29, 1.82) is 0 Å². The van der Waals surface area contributed by atoms with Crippen LogP contribution >= 0.6 is 22.9 Å². The Morgan fingerprint density at radius 2 is 1.97 bits per heavy atom. The molecule has 4 heterocycles. The molecule has 2 aliphatic heterocycles. The molecular weight excluding hydrogens is 486 g/mol. The Balaban J connectivity index is 1.64. The minimum atomic E-state index is -0.745. The van der Waals surface area contributed by atoms with Crippen LogP contribution in [-0.2, 0) is 9.53 Å². The van der Waals surface area contributed by atoms with Crippen molar-refractivity contribution in [3.8, 4) is 0 Å². The molecule has 1 aromatic carbocycles. The van der Waals surface area contributed by atoms with Crippen LogP contribution in [0.25, 0.3) is 6.08 Å². The summed E-state index contributed by atoms with van der Waals surface area (Å²) in [6.07, 6.45) is 3.72. The number of thiazole rings is 1. The number of aromatic nitrogens is 1. The van der Waals surface area contributed by atoms with E-state index in [4.69, 9.17) is 20.8 Å². The lowest BCUT2D eigenvalue weighted by atomic mass is 9.96. The van der Waals surface area contributed by atoms with E-state index in [1.807, 2.05) is 30.3 Å². The Morgan fingerprint density at radius 3 is 2.69 bits per heavy atom. The van der Waals surface area contributed by atoms with Gasteiger partial charge in [0.25, 0.3) is 5.56 Å². The van der Waals surface area contributed by atoms with Crippen LogP contribution in [0.15, 0.2) is 61.9 Å². The number of hydrogen-bond donors (Lipinski definition) is 0. The van der Waals surface area contributed by atoms with Gasteiger partial charge in [-0.3, -0.25) is 9.36 Å². The molecule has 3 aromatic rings. The summed E-state index contributed by atoms with van der Waals surface area (Å²) in [5, 5.41) is 0.456. The number of hydrogen-bond acceptors (Lipinski definition) is 7. The average Bonchev–Trinajstić information content (AvgIpc) is 3.54. The molecule has 1 atom stereocenters. The van der Waals surface area contributed by atoms with Gasteiger partial charge in [0.1, 0.15) is 11.8 Å². The summed E-state index contributed by atoms with van der Waals surface area (Å²) in [6, 6.07) is 10.3. The van der Waals surface area contributed by atoms with E-state index in [9.17, 15) is 9.59 Å². The quantitative estimate of drug-likeness (QED) is 0.483. The molecule has 1 saturated heterocycles. The molecule has 2 aliphatic rings. The van der Waals surface area contributed by atoms with E-state index < -0.39 is 12.0 Å². The molecule has 9 heteroatoms. The van der Waals surface area contributed by atoms with Crippen molar-refractivity contribution in [1.82, 2.24) is 4.57 Å². The molecule has 182 valence electrons. The second-order valence-corrected chi connectivity index (χ2v) is 10.3. The molecule has 35 heavy (non-hydrogen) atoms. The van der Waals surface area contributed by atoms with Crippen LogP contribution in [0.3, 0.4) is 0 Å². The van der Waals surface area contributed by atoms with Gasteiger partial charge in [0.05, 0.1) is 21.9 Å². The monoisotopic (exact) mass is 511 g/mol. The molecular formula is C26H26ClN3O4S. The predicted molar refractivity (Wildman–Crippen MR) is 137 cm³/mol. The number of furan rings is 1. The van der Waals surface area contributed by atoms with Crippen LogP contribution in [0.4, 0.5) is 5.88 Å². The van der Waals surface area contributed by atoms with Gasteiger partial charge in [0.15, 0.2) is 10.7 Å². The standard InChI is InChI=1S/C26H26ClN3O4S/c1-15(2)33-25(32)22-16(3)28-26-30(23(22)18-8-4-5-9-19(18)27)24(31)20(35-26)14-17-10-11-21(34-17)29-12-6-7-13-29/h4-5,8-11,14-15,23H,6-7,12-13H2,1-3H3. The maximum atomic E-state index is 13.7. The number of esters is 1. The minimum absolute atomic E-state index is 0.264. The Bertz CT molecular complexity index is 1490. The molecule has 5 rings (SSSR count). The molecule has 0 saturated carbocycles. The van der Waals surface area contributed by atoms with Gasteiger partial charge in [0.2, 0.25) is 0 Å². The number of nitrogens with zero attached hydrogens (tertiary/aromatic N) is 3. The summed E-state index contributed by atoms with van der Waals surface area (Å²) >= 11 is 7.82. The topological polar surface area (TPSA) is 77.0 Å². The van der Waals surface area contributed by atoms with Gasteiger partial charge >= 0.3 is 5.97 Å². The lowest BCUT2D eigenvalue weighted by Crippen LogP contribution is -2.40. The van der Waals surface area contributed by atoms with Gasteiger partial charge in [-0.05, 0) is 51.3 Å². The van der Waals surface area contributed by atoms with Crippen LogP contribution in [0.5, 0.6) is 0 Å². The number of benzene rings is 1. The SMILES string of the molecule is CC1=C(C(=O)OC(C)C)C(c2ccccc2Cl)n2c(sc(=Cc3ccc(N4CCCC4)o3)c2=O)=N1. The van der Waals surface area contributed by atoms with Crippen molar-refractivity contribution in [2.24, 2.45) is 4.99 Å². The van der Waals surface area contributed by atoms with Crippen molar-refractivity contribution < 1.29 is 13.9 Å². The summed E-state index contributed by atoms with van der Waals surface area (Å²) in [7, 11) is 0. The highest BCUT2D eigenvalue weighted by atomic mass is 35.5. The maximum Gasteiger partial charge on any atom is 0.338 e. The molecule has 0 radical (unpaired) electrons. The molecule has 0 N–H and O–H groups in total. The lowest BCUT2D eigenvalue weighted by Gasteiger charge is -2.26. The van der Waals surface area contributed by atoms with Gasteiger partial charge in [0, 0.05) is 30.3 Å². The highest BCUT2D eigenvalue weighted by Gasteiger charge is 2.34. The molecule has 0 amide bonds. The second kappa shape index (κ2) is 9.51. The summed E-state index contributed by atoms with van der Waals surface area (Å²) in [4.78, 5) is 34.1. The Hall–Kier alpha value is -3.10. The number of allylic oxidation sites excluding steroid dienone is 1. The number of fused-ring (bicyclic) bond motifs is 1. The smallest absolute Gasteiger partial charge is 0.338 e. The van der Waals surface area contributed by atoms with Crippen molar-refractivity contribution in [3.05, 3.63) is 83.7 Å². The number of carbonyl (C=O) groups excluding carboxylic acids is 1. The number of anilines is 1. The Kier molecular flexibility index (Phi) is 6.42. The molecule has 0 spiro atoms. The third kappa shape index (κ3) is 4.48. The number of ether oxygens (including phenoxy) is 1. The first kappa shape index (κ1) is 23.6. The molecule has 7 nitrogen and oxygen atoms in total. The zero-order chi connectivity index (χ0) is 24.7. The first-order valence-corrected chi connectivity index (χ1v) is 12.9. The highest BCUT2D eigenvalue weighted by Crippen LogP contribution is 2.34. The summed E-state index contributed by atoms with van der Waals surface area (Å²) in [5.41, 5.74) is 1.18. The van der Waals surface area contributed by atoms with E-state index >= 15 is 0 Å². The van der Waals surface area contributed by atoms with E-state index in [1.165, 1.54) is 15.9 Å². The van der Waals surface area contributed by atoms with Crippen LogP contribution in [0.1, 0.15) is 51.0 Å². The van der Waals surface area contributed by atoms with Crippen molar-refractivity contribution in [2.75, 3.05) is 18.0 Å². The van der Waals surface area contributed by atoms with Gasteiger partial charge in [-0.1, -0.05) is 41.1 Å². The van der Waals surface area contributed by atoms with E-state index in [1.54, 1.807) is 32.9 Å². The summed E-state index contributed by atoms with van der Waals surface area (Å²) < 4.78 is 13.5. The summed E-state index contributed by atoms with van der Waals surface area (Å²) in [5.74, 6) is 0.897. The average molecular weight is 512 g/mol. The minimum Gasteiger partial charge on any atom is -0.459 e. The zero-order valence-corrected chi connectivity index (χ0v) is 21.4. The normalized spacial score (nSPS) is 18.3. The van der Waals surface area contributed by atoms with Crippen LogP contribution in [0.2, 0.25) is 5.02 Å². The van der Waals surface area contributed by atoms with Gasteiger partial charge in [-0.2, -0.15) is 0 Å². The van der Waals surface area contributed by atoms with Crippen molar-refractivity contribution >= 4 is 40.9 Å². The maximum absolute atomic E-state index is 13.7. The molecule has 0 aliphatic carbocycles. The number of rotatable bonds is 5.